The number of amides is 2. The first-order chi connectivity index (χ1) is 16.7. The van der Waals surface area contributed by atoms with E-state index in [0.717, 1.165) is 12.1 Å². The van der Waals surface area contributed by atoms with Crippen LogP contribution in [0.15, 0.2) is 12.3 Å². The van der Waals surface area contributed by atoms with Crippen LogP contribution in [0.5, 0.6) is 0 Å². The molecule has 0 radical (unpaired) electrons. The average Bonchev–Trinajstić information content (AvgIpc) is 3.20. The minimum atomic E-state index is -3.03. The lowest BCUT2D eigenvalue weighted by Gasteiger charge is -2.41. The molecule has 1 aromatic heterocycles. The Morgan fingerprint density at radius 1 is 1.21 bits per heavy atom. The van der Waals surface area contributed by atoms with Gasteiger partial charge < -0.3 is 15.1 Å². The number of nitrogens with zero attached hydrogens (tertiary/aromatic N) is 4. The third-order valence-corrected chi connectivity index (χ3v) is 7.79. The van der Waals surface area contributed by atoms with E-state index in [9.17, 15) is 18.4 Å². The number of rotatable bonds is 7. The van der Waals surface area contributed by atoms with Crippen LogP contribution >= 0.6 is 24.8 Å². The Morgan fingerprint density at radius 2 is 1.89 bits per heavy atom. The molecule has 2 amide bonds. The van der Waals surface area contributed by atoms with Crippen LogP contribution in [0.4, 0.5) is 14.5 Å². The van der Waals surface area contributed by atoms with E-state index in [4.69, 9.17) is 0 Å². The average molecular weight is 579 g/mol. The number of anilines is 1. The van der Waals surface area contributed by atoms with Crippen molar-refractivity contribution in [1.29, 1.82) is 0 Å². The van der Waals surface area contributed by atoms with Crippen molar-refractivity contribution in [3.63, 3.8) is 0 Å². The maximum Gasteiger partial charge on any atom is 0.289 e. The molecule has 2 saturated heterocycles. The third kappa shape index (κ3) is 6.77. The monoisotopic (exact) mass is 577 g/mol. The van der Waals surface area contributed by atoms with Crippen LogP contribution < -0.4 is 10.2 Å². The predicted molar refractivity (Wildman–Crippen MR) is 151 cm³/mol. The highest BCUT2D eigenvalue weighted by molar-refractivity contribution is 5.97. The molecule has 7 nitrogen and oxygen atoms in total. The molecule has 3 aliphatic heterocycles. The fourth-order valence-electron chi connectivity index (χ4n) is 5.89. The Hall–Kier alpha value is -1.55. The minimum absolute atomic E-state index is 0. The van der Waals surface area contributed by atoms with Gasteiger partial charge in [-0.1, -0.05) is 41.0 Å². The number of hydrogen-bond acceptors (Lipinski definition) is 5. The zero-order chi connectivity index (χ0) is 26.5. The molecule has 2 unspecified atom stereocenters. The number of piperazine rings is 1. The summed E-state index contributed by atoms with van der Waals surface area (Å²) in [4.78, 5) is 36.1. The van der Waals surface area contributed by atoms with Crippen LogP contribution in [0, 0.1) is 5.41 Å². The maximum atomic E-state index is 14.7. The highest BCUT2D eigenvalue weighted by Crippen LogP contribution is 2.43. The van der Waals surface area contributed by atoms with Gasteiger partial charge in [-0.25, -0.2) is 0 Å². The third-order valence-electron chi connectivity index (χ3n) is 7.79. The smallest absolute Gasteiger partial charge is 0.289 e. The normalized spacial score (nSPS) is 24.6. The number of likely N-dealkylation sites (tertiary alicyclic amines) is 1. The van der Waals surface area contributed by atoms with E-state index in [1.54, 1.807) is 11.8 Å². The second-order valence-electron chi connectivity index (χ2n) is 12.4. The molecule has 2 fully saturated rings. The zero-order valence-corrected chi connectivity index (χ0v) is 25.0. The van der Waals surface area contributed by atoms with Gasteiger partial charge in [0.05, 0.1) is 12.2 Å². The molecule has 1 N–H and O–H groups in total. The number of nitrogens with one attached hydrogen (secondary N) is 1. The summed E-state index contributed by atoms with van der Waals surface area (Å²) in [5.74, 6) is -2.97. The number of fused-ring (bicyclic) bond motifs is 1. The molecular formula is C27H43Cl2F2N5O2. The van der Waals surface area contributed by atoms with E-state index in [1.807, 2.05) is 18.7 Å². The van der Waals surface area contributed by atoms with E-state index in [2.05, 4.69) is 36.0 Å². The largest absolute Gasteiger partial charge is 0.341 e. The Balaban J connectivity index is 0.00000253. The van der Waals surface area contributed by atoms with Crippen molar-refractivity contribution < 1.29 is 18.4 Å². The van der Waals surface area contributed by atoms with Crippen molar-refractivity contribution in [2.75, 3.05) is 44.2 Å². The first-order valence-electron chi connectivity index (χ1n) is 13.2. The highest BCUT2D eigenvalue weighted by Gasteiger charge is 2.43. The summed E-state index contributed by atoms with van der Waals surface area (Å²) in [7, 11) is 0. The number of carbonyl (C=O) groups is 2. The van der Waals surface area contributed by atoms with Gasteiger partial charge in [0.1, 0.15) is 5.69 Å². The number of pyridine rings is 1. The van der Waals surface area contributed by atoms with Gasteiger partial charge in [0.15, 0.2) is 0 Å². The number of aromatic nitrogens is 1. The van der Waals surface area contributed by atoms with Gasteiger partial charge in [0, 0.05) is 74.8 Å². The van der Waals surface area contributed by atoms with Gasteiger partial charge in [-0.2, -0.15) is 8.78 Å². The quantitative estimate of drug-likeness (QED) is 0.521. The van der Waals surface area contributed by atoms with Crippen LogP contribution in [0.3, 0.4) is 0 Å². The lowest BCUT2D eigenvalue weighted by Crippen LogP contribution is -2.61. The molecular weight excluding hydrogens is 535 g/mol. The molecule has 4 heterocycles. The number of hydrogen-bond donors (Lipinski definition) is 1. The SMILES string of the molecule is CCCC(F)(F)c1cc2c(cn1)C(C)(C)CN2C(=O)CN1CC(C)NCC1CN1CC(C)(C)CC1=O.Cl.Cl. The van der Waals surface area contributed by atoms with E-state index in [1.165, 1.54) is 12.3 Å². The molecule has 1 aromatic rings. The first-order valence-corrected chi connectivity index (χ1v) is 13.2. The summed E-state index contributed by atoms with van der Waals surface area (Å²) in [6, 6.07) is 1.64. The van der Waals surface area contributed by atoms with Gasteiger partial charge in [-0.05, 0) is 18.4 Å². The van der Waals surface area contributed by atoms with Crippen LogP contribution in [0.2, 0.25) is 0 Å². The molecule has 0 saturated carbocycles. The van der Waals surface area contributed by atoms with Gasteiger partial charge in [0.25, 0.3) is 5.92 Å². The molecule has 4 rings (SSSR count). The fourth-order valence-corrected chi connectivity index (χ4v) is 5.89. The lowest BCUT2D eigenvalue weighted by atomic mass is 9.88. The molecule has 11 heteroatoms. The Labute approximate surface area is 237 Å². The minimum Gasteiger partial charge on any atom is -0.341 e. The maximum absolute atomic E-state index is 14.7. The van der Waals surface area contributed by atoms with Crippen molar-refractivity contribution in [3.8, 4) is 0 Å². The Bertz CT molecular complexity index is 1020. The second kappa shape index (κ2) is 11.9. The molecule has 0 aliphatic carbocycles. The van der Waals surface area contributed by atoms with E-state index in [0.29, 0.717) is 44.7 Å². The van der Waals surface area contributed by atoms with Gasteiger partial charge in [0.2, 0.25) is 11.8 Å². The van der Waals surface area contributed by atoms with Crippen LogP contribution in [-0.4, -0.2) is 78.0 Å². The second-order valence-corrected chi connectivity index (χ2v) is 12.4. The van der Waals surface area contributed by atoms with E-state index < -0.39 is 5.92 Å². The highest BCUT2D eigenvalue weighted by atomic mass is 35.5. The summed E-state index contributed by atoms with van der Waals surface area (Å²) < 4.78 is 29.4. The summed E-state index contributed by atoms with van der Waals surface area (Å²) >= 11 is 0. The molecule has 0 spiro atoms. The van der Waals surface area contributed by atoms with Crippen LogP contribution in [0.1, 0.15) is 72.1 Å². The summed E-state index contributed by atoms with van der Waals surface area (Å²) in [6.45, 7) is 15.3. The molecule has 0 bridgehead atoms. The first kappa shape index (κ1) is 32.7. The van der Waals surface area contributed by atoms with Gasteiger partial charge in [-0.3, -0.25) is 19.5 Å². The van der Waals surface area contributed by atoms with Crippen LogP contribution in [-0.2, 0) is 20.9 Å². The standard InChI is InChI=1S/C27H41F2N5O2.2ClH/c1-7-8-27(28,29)22-9-21-20(12-31-22)26(5,6)17-34(21)24(36)15-32-13-18(2)30-11-19(32)14-33-16-25(3,4)10-23(33)35;;/h9,12,18-19,30H,7-8,10-11,13-17H2,1-6H3;2*1H. The Morgan fingerprint density at radius 3 is 2.50 bits per heavy atom. The fraction of sp³-hybridized carbons (Fsp3) is 0.741. The van der Waals surface area contributed by atoms with Crippen molar-refractivity contribution in [2.45, 2.75) is 84.2 Å². The van der Waals surface area contributed by atoms with Crippen molar-refractivity contribution in [3.05, 3.63) is 23.5 Å². The molecule has 2 atom stereocenters. The van der Waals surface area contributed by atoms with Crippen molar-refractivity contribution in [1.82, 2.24) is 20.1 Å². The lowest BCUT2D eigenvalue weighted by molar-refractivity contribution is -0.128. The molecule has 0 aromatic carbocycles. The number of carbonyl (C=O) groups excluding carboxylic acids is 2. The molecule has 216 valence electrons. The zero-order valence-electron chi connectivity index (χ0n) is 23.4. The summed E-state index contributed by atoms with van der Waals surface area (Å²) in [6.07, 6.45) is 2.14. The number of halogens is 4. The van der Waals surface area contributed by atoms with E-state index >= 15 is 0 Å². The summed E-state index contributed by atoms with van der Waals surface area (Å²) in [5, 5.41) is 3.48. The van der Waals surface area contributed by atoms with Crippen molar-refractivity contribution >= 4 is 42.3 Å². The predicted octanol–water partition coefficient (Wildman–Crippen LogP) is 4.36. The molecule has 38 heavy (non-hydrogen) atoms. The van der Waals surface area contributed by atoms with Crippen molar-refractivity contribution in [2.24, 2.45) is 5.41 Å². The van der Waals surface area contributed by atoms with Gasteiger partial charge >= 0.3 is 0 Å². The number of alkyl halides is 2. The van der Waals surface area contributed by atoms with E-state index in [-0.39, 0.29) is 78.2 Å². The summed E-state index contributed by atoms with van der Waals surface area (Å²) in [5.41, 5.74) is 0.676. The van der Waals surface area contributed by atoms with Gasteiger partial charge in [-0.15, -0.1) is 24.8 Å². The molecule has 3 aliphatic rings. The topological polar surface area (TPSA) is 68.8 Å². The Kier molecular flexibility index (Phi) is 10.2. The van der Waals surface area contributed by atoms with Crippen LogP contribution in [0.25, 0.3) is 0 Å².